The molecule has 2 aliphatic carbocycles. The molecule has 0 N–H and O–H groups in total. The van der Waals surface area contributed by atoms with E-state index >= 15 is 0 Å². The van der Waals surface area contributed by atoms with Crippen molar-refractivity contribution in [1.82, 2.24) is 0 Å². The van der Waals surface area contributed by atoms with Crippen LogP contribution in [0.2, 0.25) is 0 Å². The monoisotopic (exact) mass is 196 g/mol. The van der Waals surface area contributed by atoms with Crippen molar-refractivity contribution < 1.29 is 4.74 Å². The van der Waals surface area contributed by atoms with E-state index in [0.717, 1.165) is 0 Å². The van der Waals surface area contributed by atoms with Crippen molar-refractivity contribution in [2.24, 2.45) is 5.92 Å². The van der Waals surface area contributed by atoms with Crippen molar-refractivity contribution in [3.8, 4) is 0 Å². The molecule has 0 saturated carbocycles. The standard InChI is InChI=1S/C14H12O/c1-2-6-11-10-15-14-9-5-4-8-13(14)12(11)7-3-1/h1-10,13-14H. The molecule has 0 radical (unpaired) electrons. The molecular formula is C14H12O. The normalized spacial score (nSPS) is 30.9. The number of ether oxygens (including phenoxy) is 1. The fraction of sp³-hybridized carbons (Fsp3) is 0.143. The van der Waals surface area contributed by atoms with E-state index in [1.54, 1.807) is 0 Å². The second-order valence-corrected chi connectivity index (χ2v) is 3.84. The lowest BCUT2D eigenvalue weighted by molar-refractivity contribution is 0.147. The summed E-state index contributed by atoms with van der Waals surface area (Å²) in [5.41, 5.74) is 2.53. The Kier molecular flexibility index (Phi) is 1.95. The maximum Gasteiger partial charge on any atom is 0.127 e. The minimum absolute atomic E-state index is 0.171. The molecule has 0 aromatic carbocycles. The van der Waals surface area contributed by atoms with Crippen LogP contribution < -0.4 is 0 Å². The van der Waals surface area contributed by atoms with Crippen molar-refractivity contribution in [2.45, 2.75) is 6.10 Å². The number of allylic oxidation sites excluding steroid dienone is 8. The first-order chi connectivity index (χ1) is 7.45. The van der Waals surface area contributed by atoms with Crippen molar-refractivity contribution in [3.05, 3.63) is 72.1 Å². The molecule has 1 aliphatic heterocycles. The van der Waals surface area contributed by atoms with Crippen LogP contribution in [-0.2, 0) is 4.74 Å². The Morgan fingerprint density at radius 1 is 0.933 bits per heavy atom. The van der Waals surface area contributed by atoms with E-state index in [0.29, 0.717) is 5.92 Å². The van der Waals surface area contributed by atoms with E-state index in [1.165, 1.54) is 11.1 Å². The van der Waals surface area contributed by atoms with Gasteiger partial charge in [-0.2, -0.15) is 0 Å². The lowest BCUT2D eigenvalue weighted by atomic mass is 9.84. The van der Waals surface area contributed by atoms with Crippen molar-refractivity contribution >= 4 is 0 Å². The molecule has 2 atom stereocenters. The van der Waals surface area contributed by atoms with Crippen LogP contribution in [0.3, 0.4) is 0 Å². The number of rotatable bonds is 0. The van der Waals surface area contributed by atoms with Crippen LogP contribution in [0.4, 0.5) is 0 Å². The Bertz CT molecular complexity index is 444. The van der Waals surface area contributed by atoms with Crippen LogP contribution >= 0.6 is 0 Å². The van der Waals surface area contributed by atoms with Crippen LogP contribution in [-0.4, -0.2) is 6.10 Å². The van der Waals surface area contributed by atoms with Gasteiger partial charge in [0.05, 0.1) is 6.26 Å². The Balaban J connectivity index is 2.07. The minimum Gasteiger partial charge on any atom is -0.492 e. The van der Waals surface area contributed by atoms with Gasteiger partial charge in [0, 0.05) is 11.5 Å². The molecule has 0 amide bonds. The molecule has 0 spiro atoms. The SMILES string of the molecule is C1=CC=C2C(=COC3C=CC=CC23)C=C1. The summed E-state index contributed by atoms with van der Waals surface area (Å²) in [6.45, 7) is 0. The third-order valence-electron chi connectivity index (χ3n) is 2.90. The third kappa shape index (κ3) is 1.40. The molecule has 0 aromatic heterocycles. The third-order valence-corrected chi connectivity index (χ3v) is 2.90. The van der Waals surface area contributed by atoms with E-state index in [9.17, 15) is 0 Å². The molecule has 3 rings (SSSR count). The molecule has 3 aliphatic rings. The van der Waals surface area contributed by atoms with Crippen LogP contribution in [0, 0.1) is 5.92 Å². The Morgan fingerprint density at radius 2 is 1.87 bits per heavy atom. The van der Waals surface area contributed by atoms with E-state index in [4.69, 9.17) is 4.74 Å². The van der Waals surface area contributed by atoms with Crippen LogP contribution in [0.25, 0.3) is 0 Å². The van der Waals surface area contributed by atoms with Gasteiger partial charge in [-0.3, -0.25) is 0 Å². The molecule has 1 heteroatoms. The first-order valence-corrected chi connectivity index (χ1v) is 5.21. The Hall–Kier alpha value is -1.76. The van der Waals surface area contributed by atoms with Crippen LogP contribution in [0.5, 0.6) is 0 Å². The molecule has 74 valence electrons. The average Bonchev–Trinajstić information content (AvgIpc) is 2.54. The summed E-state index contributed by atoms with van der Waals surface area (Å²) in [5.74, 6) is 0.363. The summed E-state index contributed by atoms with van der Waals surface area (Å²) in [6, 6.07) is 0. The summed E-state index contributed by atoms with van der Waals surface area (Å²) in [7, 11) is 0. The van der Waals surface area contributed by atoms with Crippen molar-refractivity contribution in [2.75, 3.05) is 0 Å². The van der Waals surface area contributed by atoms with Gasteiger partial charge in [0.25, 0.3) is 0 Å². The molecular weight excluding hydrogens is 184 g/mol. The zero-order chi connectivity index (χ0) is 10.1. The van der Waals surface area contributed by atoms with E-state index in [1.807, 2.05) is 24.5 Å². The molecule has 0 saturated heterocycles. The highest BCUT2D eigenvalue weighted by atomic mass is 16.5. The van der Waals surface area contributed by atoms with Crippen molar-refractivity contribution in [1.29, 1.82) is 0 Å². The van der Waals surface area contributed by atoms with Gasteiger partial charge in [0.1, 0.15) is 6.10 Å². The summed E-state index contributed by atoms with van der Waals surface area (Å²) in [5, 5.41) is 0. The molecule has 2 unspecified atom stereocenters. The zero-order valence-corrected chi connectivity index (χ0v) is 8.34. The van der Waals surface area contributed by atoms with E-state index in [-0.39, 0.29) is 6.10 Å². The van der Waals surface area contributed by atoms with Gasteiger partial charge in [0.2, 0.25) is 0 Å². The Morgan fingerprint density at radius 3 is 2.87 bits per heavy atom. The smallest absolute Gasteiger partial charge is 0.127 e. The topological polar surface area (TPSA) is 9.23 Å². The maximum absolute atomic E-state index is 5.69. The largest absolute Gasteiger partial charge is 0.492 e. The van der Waals surface area contributed by atoms with E-state index in [2.05, 4.69) is 36.5 Å². The molecule has 1 heterocycles. The van der Waals surface area contributed by atoms with Crippen LogP contribution in [0.1, 0.15) is 0 Å². The van der Waals surface area contributed by atoms with Gasteiger partial charge in [-0.15, -0.1) is 0 Å². The second kappa shape index (κ2) is 3.43. The number of fused-ring (bicyclic) bond motifs is 3. The van der Waals surface area contributed by atoms with Gasteiger partial charge in [0.15, 0.2) is 0 Å². The zero-order valence-electron chi connectivity index (χ0n) is 8.34. The van der Waals surface area contributed by atoms with Crippen molar-refractivity contribution in [3.63, 3.8) is 0 Å². The lowest BCUT2D eigenvalue weighted by Crippen LogP contribution is -2.26. The fourth-order valence-electron chi connectivity index (χ4n) is 2.14. The van der Waals surface area contributed by atoms with Gasteiger partial charge in [-0.05, 0) is 11.6 Å². The highest BCUT2D eigenvalue weighted by molar-refractivity contribution is 5.50. The summed E-state index contributed by atoms with van der Waals surface area (Å²) >= 11 is 0. The Labute approximate surface area is 89.4 Å². The number of hydrogen-bond acceptors (Lipinski definition) is 1. The average molecular weight is 196 g/mol. The lowest BCUT2D eigenvalue weighted by Gasteiger charge is -2.30. The van der Waals surface area contributed by atoms with Gasteiger partial charge >= 0.3 is 0 Å². The first-order valence-electron chi connectivity index (χ1n) is 5.21. The van der Waals surface area contributed by atoms with Crippen LogP contribution in [0.15, 0.2) is 72.1 Å². The van der Waals surface area contributed by atoms with Gasteiger partial charge in [-0.25, -0.2) is 0 Å². The quantitative estimate of drug-likeness (QED) is 0.578. The molecule has 15 heavy (non-hydrogen) atoms. The molecule has 0 aromatic rings. The first kappa shape index (κ1) is 8.54. The number of hydrogen-bond donors (Lipinski definition) is 0. The molecule has 1 nitrogen and oxygen atoms in total. The van der Waals surface area contributed by atoms with Gasteiger partial charge in [-0.1, -0.05) is 48.6 Å². The highest BCUT2D eigenvalue weighted by Gasteiger charge is 2.28. The predicted octanol–water partition coefficient (Wildman–Crippen LogP) is 3.06. The summed E-state index contributed by atoms with van der Waals surface area (Å²) in [6.07, 6.45) is 20.9. The highest BCUT2D eigenvalue weighted by Crippen LogP contribution is 2.34. The second-order valence-electron chi connectivity index (χ2n) is 3.84. The van der Waals surface area contributed by atoms with E-state index < -0.39 is 0 Å². The summed E-state index contributed by atoms with van der Waals surface area (Å²) < 4.78 is 5.69. The minimum atomic E-state index is 0.171. The maximum atomic E-state index is 5.69. The fourth-order valence-corrected chi connectivity index (χ4v) is 2.14. The summed E-state index contributed by atoms with van der Waals surface area (Å²) in [4.78, 5) is 0. The molecule has 0 bridgehead atoms. The van der Waals surface area contributed by atoms with Gasteiger partial charge < -0.3 is 4.74 Å². The predicted molar refractivity (Wildman–Crippen MR) is 61.1 cm³/mol. The molecule has 0 fully saturated rings.